The molecule has 6 nitrogen and oxygen atoms in total. The largest absolute Gasteiger partial charge is 0.381 e. The SMILES string of the molecule is CN1C(=O)C[C@H](c2cnn(C)c2)C12CCN(CC1CCOCC1)CC2. The summed E-state index contributed by atoms with van der Waals surface area (Å²) in [7, 11) is 3.96. The van der Waals surface area contributed by atoms with Gasteiger partial charge in [-0.1, -0.05) is 0 Å². The molecule has 25 heavy (non-hydrogen) atoms. The van der Waals surface area contributed by atoms with Crippen molar-refractivity contribution in [1.29, 1.82) is 0 Å². The van der Waals surface area contributed by atoms with Crippen LogP contribution >= 0.6 is 0 Å². The van der Waals surface area contributed by atoms with Crippen molar-refractivity contribution in [2.45, 2.75) is 43.6 Å². The number of carbonyl (C=O) groups excluding carboxylic acids is 1. The summed E-state index contributed by atoms with van der Waals surface area (Å²) in [6.45, 7) is 5.21. The monoisotopic (exact) mass is 346 g/mol. The van der Waals surface area contributed by atoms with Gasteiger partial charge >= 0.3 is 0 Å². The third-order valence-electron chi connectivity index (χ3n) is 6.78. The summed E-state index contributed by atoms with van der Waals surface area (Å²) >= 11 is 0. The van der Waals surface area contributed by atoms with Gasteiger partial charge in [0.05, 0.1) is 11.7 Å². The van der Waals surface area contributed by atoms with Crippen molar-refractivity contribution in [3.63, 3.8) is 0 Å². The summed E-state index contributed by atoms with van der Waals surface area (Å²) in [4.78, 5) is 17.2. The number of likely N-dealkylation sites (tertiary alicyclic amines) is 2. The average molecular weight is 346 g/mol. The van der Waals surface area contributed by atoms with Gasteiger partial charge in [0.15, 0.2) is 0 Å². The van der Waals surface area contributed by atoms with Crippen LogP contribution in [-0.4, -0.2) is 70.9 Å². The van der Waals surface area contributed by atoms with Crippen molar-refractivity contribution in [1.82, 2.24) is 19.6 Å². The Morgan fingerprint density at radius 3 is 2.60 bits per heavy atom. The zero-order valence-electron chi connectivity index (χ0n) is 15.5. The highest BCUT2D eigenvalue weighted by Crippen LogP contribution is 2.48. The molecule has 0 unspecified atom stereocenters. The Balaban J connectivity index is 1.46. The number of piperidine rings is 1. The van der Waals surface area contributed by atoms with E-state index in [1.54, 1.807) is 0 Å². The number of hydrogen-bond acceptors (Lipinski definition) is 4. The van der Waals surface area contributed by atoms with E-state index in [1.807, 2.05) is 25.0 Å². The lowest BCUT2D eigenvalue weighted by Gasteiger charge is -2.47. The lowest BCUT2D eigenvalue weighted by molar-refractivity contribution is -0.130. The second-order valence-corrected chi connectivity index (χ2v) is 8.12. The highest BCUT2D eigenvalue weighted by Gasteiger charge is 2.52. The number of aromatic nitrogens is 2. The molecule has 1 aromatic heterocycles. The van der Waals surface area contributed by atoms with E-state index in [0.29, 0.717) is 6.42 Å². The number of nitrogens with zero attached hydrogens (tertiary/aromatic N) is 4. The van der Waals surface area contributed by atoms with E-state index in [2.05, 4.69) is 21.1 Å². The topological polar surface area (TPSA) is 50.6 Å². The van der Waals surface area contributed by atoms with Crippen LogP contribution in [0.15, 0.2) is 12.4 Å². The first-order valence-corrected chi connectivity index (χ1v) is 9.64. The molecule has 1 aromatic rings. The average Bonchev–Trinajstić information content (AvgIpc) is 3.15. The fraction of sp³-hybridized carbons (Fsp3) is 0.789. The van der Waals surface area contributed by atoms with Crippen LogP contribution in [0, 0.1) is 5.92 Å². The molecule has 1 amide bonds. The van der Waals surface area contributed by atoms with Gasteiger partial charge in [0.2, 0.25) is 5.91 Å². The number of rotatable bonds is 3. The van der Waals surface area contributed by atoms with E-state index in [1.165, 1.54) is 24.9 Å². The first kappa shape index (κ1) is 17.0. The number of likely N-dealkylation sites (N-methyl/N-ethyl adjacent to an activating group) is 1. The highest BCUT2D eigenvalue weighted by molar-refractivity contribution is 5.81. The number of amides is 1. The standard InChI is InChI=1S/C19H30N4O2/c1-21-14-16(12-20-21)17-11-18(24)22(2)19(17)5-7-23(8-6-19)13-15-3-9-25-10-4-15/h12,14-15,17H,3-11,13H2,1-2H3/t17-/m1/s1. The summed E-state index contributed by atoms with van der Waals surface area (Å²) in [6.07, 6.45) is 9.19. The van der Waals surface area contributed by atoms with Crippen molar-refractivity contribution in [2.24, 2.45) is 13.0 Å². The molecule has 1 spiro atoms. The molecule has 3 aliphatic rings. The summed E-state index contributed by atoms with van der Waals surface area (Å²) < 4.78 is 7.34. The van der Waals surface area contributed by atoms with Gasteiger partial charge in [-0.2, -0.15) is 5.10 Å². The Morgan fingerprint density at radius 1 is 1.24 bits per heavy atom. The van der Waals surface area contributed by atoms with Crippen LogP contribution in [-0.2, 0) is 16.6 Å². The molecule has 0 bridgehead atoms. The summed E-state index contributed by atoms with van der Waals surface area (Å²) in [5.41, 5.74) is 1.20. The van der Waals surface area contributed by atoms with E-state index in [4.69, 9.17) is 4.74 Å². The first-order valence-electron chi connectivity index (χ1n) is 9.64. The number of ether oxygens (including phenoxy) is 1. The van der Waals surface area contributed by atoms with Gasteiger partial charge < -0.3 is 14.5 Å². The lowest BCUT2D eigenvalue weighted by Crippen LogP contribution is -2.54. The minimum atomic E-state index is -0.0215. The number of carbonyl (C=O) groups is 1. The fourth-order valence-electron chi connectivity index (χ4n) is 5.13. The van der Waals surface area contributed by atoms with Crippen LogP contribution in [0.3, 0.4) is 0 Å². The summed E-state index contributed by atoms with van der Waals surface area (Å²) in [5.74, 6) is 1.34. The lowest BCUT2D eigenvalue weighted by atomic mass is 9.74. The third-order valence-corrected chi connectivity index (χ3v) is 6.78. The van der Waals surface area contributed by atoms with Gasteiger partial charge in [-0.25, -0.2) is 0 Å². The molecule has 3 fully saturated rings. The summed E-state index contributed by atoms with van der Waals surface area (Å²) in [6, 6.07) is 0. The van der Waals surface area contributed by atoms with Crippen LogP contribution in [0.2, 0.25) is 0 Å². The molecule has 0 N–H and O–H groups in total. The molecular weight excluding hydrogens is 316 g/mol. The number of aryl methyl sites for hydroxylation is 1. The van der Waals surface area contributed by atoms with Gasteiger partial charge in [0.1, 0.15) is 0 Å². The molecule has 1 atom stereocenters. The van der Waals surface area contributed by atoms with Crippen LogP contribution < -0.4 is 0 Å². The molecule has 0 aromatic carbocycles. The number of hydrogen-bond donors (Lipinski definition) is 0. The van der Waals surface area contributed by atoms with Crippen molar-refractivity contribution in [3.05, 3.63) is 18.0 Å². The maximum atomic E-state index is 12.5. The van der Waals surface area contributed by atoms with Gasteiger partial charge in [-0.05, 0) is 37.2 Å². The van der Waals surface area contributed by atoms with Crippen molar-refractivity contribution >= 4 is 5.91 Å². The zero-order chi connectivity index (χ0) is 17.4. The fourth-order valence-corrected chi connectivity index (χ4v) is 5.13. The van der Waals surface area contributed by atoms with E-state index in [9.17, 15) is 4.79 Å². The Bertz CT molecular complexity index is 615. The summed E-state index contributed by atoms with van der Waals surface area (Å²) in [5, 5.41) is 4.35. The Hall–Kier alpha value is -1.40. The Labute approximate surface area is 150 Å². The van der Waals surface area contributed by atoms with Gasteiger partial charge in [0.25, 0.3) is 0 Å². The van der Waals surface area contributed by atoms with Gasteiger partial charge in [-0.15, -0.1) is 0 Å². The molecule has 0 saturated carbocycles. The molecule has 138 valence electrons. The van der Waals surface area contributed by atoms with Gasteiger partial charge in [0, 0.05) is 65.5 Å². The van der Waals surface area contributed by atoms with Crippen LogP contribution in [0.4, 0.5) is 0 Å². The van der Waals surface area contributed by atoms with Crippen molar-refractivity contribution in [2.75, 3.05) is 39.9 Å². The quantitative estimate of drug-likeness (QED) is 0.835. The van der Waals surface area contributed by atoms with Gasteiger partial charge in [-0.3, -0.25) is 9.48 Å². The molecular formula is C19H30N4O2. The zero-order valence-corrected chi connectivity index (χ0v) is 15.5. The minimum absolute atomic E-state index is 0.0215. The Kier molecular flexibility index (Phi) is 4.58. The molecule has 3 saturated heterocycles. The predicted octanol–water partition coefficient (Wildman–Crippen LogP) is 1.63. The maximum absolute atomic E-state index is 12.5. The van der Waals surface area contributed by atoms with E-state index in [-0.39, 0.29) is 17.4 Å². The second-order valence-electron chi connectivity index (χ2n) is 8.12. The normalized spacial score (nSPS) is 28.2. The molecule has 0 radical (unpaired) electrons. The highest BCUT2D eigenvalue weighted by atomic mass is 16.5. The smallest absolute Gasteiger partial charge is 0.223 e. The molecule has 6 heteroatoms. The maximum Gasteiger partial charge on any atom is 0.223 e. The Morgan fingerprint density at radius 2 is 1.96 bits per heavy atom. The molecule has 4 heterocycles. The van der Waals surface area contributed by atoms with Crippen LogP contribution in [0.1, 0.15) is 43.6 Å². The first-order chi connectivity index (χ1) is 12.1. The van der Waals surface area contributed by atoms with Crippen molar-refractivity contribution in [3.8, 4) is 0 Å². The molecule has 3 aliphatic heterocycles. The second kappa shape index (κ2) is 6.72. The van der Waals surface area contributed by atoms with Crippen LogP contribution in [0.5, 0.6) is 0 Å². The van der Waals surface area contributed by atoms with E-state index in [0.717, 1.165) is 45.1 Å². The van der Waals surface area contributed by atoms with Crippen molar-refractivity contribution < 1.29 is 9.53 Å². The minimum Gasteiger partial charge on any atom is -0.381 e. The van der Waals surface area contributed by atoms with Crippen LogP contribution in [0.25, 0.3) is 0 Å². The van der Waals surface area contributed by atoms with E-state index < -0.39 is 0 Å². The molecule has 0 aliphatic carbocycles. The van der Waals surface area contributed by atoms with E-state index >= 15 is 0 Å². The third kappa shape index (κ3) is 3.10. The molecule has 4 rings (SSSR count). The predicted molar refractivity (Wildman–Crippen MR) is 95.3 cm³/mol.